The number of hydrogen-bond acceptors (Lipinski definition) is 3. The van der Waals surface area contributed by atoms with E-state index in [1.165, 1.54) is 0 Å². The standard InChI is InChI=1S/C12H15NO2/c1-7-4-5-10(14)12(9(7)3)11-6-8(2)13-15-11/h6-7H,4-5H2,1-3H3. The maximum Gasteiger partial charge on any atom is 0.170 e. The van der Waals surface area contributed by atoms with Crippen LogP contribution in [0.3, 0.4) is 0 Å². The van der Waals surface area contributed by atoms with Gasteiger partial charge in [-0.05, 0) is 26.2 Å². The van der Waals surface area contributed by atoms with Crippen LogP contribution in [-0.2, 0) is 4.79 Å². The van der Waals surface area contributed by atoms with Crippen LogP contribution in [-0.4, -0.2) is 10.9 Å². The summed E-state index contributed by atoms with van der Waals surface area (Å²) in [6.07, 6.45) is 1.56. The number of aromatic nitrogens is 1. The average Bonchev–Trinajstić information content (AvgIpc) is 2.59. The van der Waals surface area contributed by atoms with Crippen molar-refractivity contribution in [1.82, 2.24) is 5.16 Å². The van der Waals surface area contributed by atoms with Gasteiger partial charge in [-0.2, -0.15) is 0 Å². The number of hydrogen-bond donors (Lipinski definition) is 0. The molecule has 0 aromatic carbocycles. The SMILES string of the molecule is CC1=C(c2cc(C)no2)C(=O)CCC1C. The molecule has 1 aromatic heterocycles. The van der Waals surface area contributed by atoms with Crippen LogP contribution in [0.25, 0.3) is 5.57 Å². The van der Waals surface area contributed by atoms with Gasteiger partial charge in [0.15, 0.2) is 11.5 Å². The van der Waals surface area contributed by atoms with E-state index in [0.717, 1.165) is 23.3 Å². The zero-order valence-electron chi connectivity index (χ0n) is 9.33. The summed E-state index contributed by atoms with van der Waals surface area (Å²) < 4.78 is 5.16. The Labute approximate surface area is 89.1 Å². The van der Waals surface area contributed by atoms with E-state index in [1.807, 2.05) is 19.9 Å². The van der Waals surface area contributed by atoms with Crippen LogP contribution < -0.4 is 0 Å². The maximum atomic E-state index is 11.8. The van der Waals surface area contributed by atoms with Crippen molar-refractivity contribution in [3.05, 3.63) is 23.1 Å². The third-order valence-electron chi connectivity index (χ3n) is 3.09. The molecule has 1 aromatic rings. The van der Waals surface area contributed by atoms with Crippen molar-refractivity contribution >= 4 is 11.4 Å². The zero-order chi connectivity index (χ0) is 11.0. The molecule has 0 fully saturated rings. The van der Waals surface area contributed by atoms with Crippen molar-refractivity contribution < 1.29 is 9.32 Å². The highest BCUT2D eigenvalue weighted by molar-refractivity contribution is 6.21. The molecule has 1 aliphatic rings. The molecular weight excluding hydrogens is 190 g/mol. The molecule has 0 saturated heterocycles. The Morgan fingerprint density at radius 3 is 2.80 bits per heavy atom. The van der Waals surface area contributed by atoms with Crippen LogP contribution in [0.15, 0.2) is 16.2 Å². The molecule has 2 rings (SSSR count). The second-order valence-electron chi connectivity index (χ2n) is 4.25. The Bertz CT molecular complexity index is 429. The monoisotopic (exact) mass is 205 g/mol. The van der Waals surface area contributed by atoms with E-state index in [9.17, 15) is 4.79 Å². The second kappa shape index (κ2) is 3.65. The van der Waals surface area contributed by atoms with E-state index in [1.54, 1.807) is 0 Å². The lowest BCUT2D eigenvalue weighted by atomic mass is 9.83. The van der Waals surface area contributed by atoms with Gasteiger partial charge in [-0.25, -0.2) is 0 Å². The number of carbonyl (C=O) groups is 1. The summed E-state index contributed by atoms with van der Waals surface area (Å²) in [4.78, 5) is 11.8. The molecule has 0 N–H and O–H groups in total. The molecule has 80 valence electrons. The molecule has 1 unspecified atom stereocenters. The number of aryl methyl sites for hydroxylation is 1. The van der Waals surface area contributed by atoms with Crippen molar-refractivity contribution in [3.8, 4) is 0 Å². The number of rotatable bonds is 1. The van der Waals surface area contributed by atoms with Crippen molar-refractivity contribution in [1.29, 1.82) is 0 Å². The Morgan fingerprint density at radius 1 is 1.47 bits per heavy atom. The lowest BCUT2D eigenvalue weighted by molar-refractivity contribution is -0.114. The van der Waals surface area contributed by atoms with Crippen LogP contribution in [0.2, 0.25) is 0 Å². The maximum absolute atomic E-state index is 11.8. The third kappa shape index (κ3) is 1.74. The van der Waals surface area contributed by atoms with Gasteiger partial charge in [0.1, 0.15) is 0 Å². The first-order chi connectivity index (χ1) is 7.09. The minimum atomic E-state index is 0.182. The van der Waals surface area contributed by atoms with Crippen molar-refractivity contribution in [2.75, 3.05) is 0 Å². The number of allylic oxidation sites excluding steroid dienone is 2. The van der Waals surface area contributed by atoms with Gasteiger partial charge in [-0.3, -0.25) is 4.79 Å². The lowest BCUT2D eigenvalue weighted by Gasteiger charge is -2.20. The highest BCUT2D eigenvalue weighted by Gasteiger charge is 2.26. The zero-order valence-corrected chi connectivity index (χ0v) is 9.33. The first-order valence-electron chi connectivity index (χ1n) is 5.27. The van der Waals surface area contributed by atoms with Gasteiger partial charge in [0, 0.05) is 12.5 Å². The highest BCUT2D eigenvalue weighted by Crippen LogP contribution is 2.33. The van der Waals surface area contributed by atoms with E-state index in [-0.39, 0.29) is 5.78 Å². The van der Waals surface area contributed by atoms with Crippen LogP contribution in [0.1, 0.15) is 38.1 Å². The normalized spacial score (nSPS) is 22.3. The van der Waals surface area contributed by atoms with Crippen molar-refractivity contribution in [2.45, 2.75) is 33.6 Å². The lowest BCUT2D eigenvalue weighted by Crippen LogP contribution is -2.15. The minimum absolute atomic E-state index is 0.182. The van der Waals surface area contributed by atoms with Gasteiger partial charge in [-0.1, -0.05) is 17.7 Å². The largest absolute Gasteiger partial charge is 0.356 e. The van der Waals surface area contributed by atoms with Crippen LogP contribution in [0.4, 0.5) is 0 Å². The molecule has 0 saturated carbocycles. The van der Waals surface area contributed by atoms with Gasteiger partial charge in [0.2, 0.25) is 0 Å². The quantitative estimate of drug-likeness (QED) is 0.708. The minimum Gasteiger partial charge on any atom is -0.356 e. The summed E-state index contributed by atoms with van der Waals surface area (Å²) in [5.74, 6) is 1.27. The molecule has 0 spiro atoms. The van der Waals surface area contributed by atoms with Crippen molar-refractivity contribution in [3.63, 3.8) is 0 Å². The number of nitrogens with zero attached hydrogens (tertiary/aromatic N) is 1. The molecule has 3 heteroatoms. The summed E-state index contributed by atoms with van der Waals surface area (Å²) >= 11 is 0. The second-order valence-corrected chi connectivity index (χ2v) is 4.25. The van der Waals surface area contributed by atoms with Gasteiger partial charge in [0.05, 0.1) is 11.3 Å². The van der Waals surface area contributed by atoms with E-state index in [2.05, 4.69) is 12.1 Å². The van der Waals surface area contributed by atoms with E-state index in [0.29, 0.717) is 18.1 Å². The van der Waals surface area contributed by atoms with E-state index in [4.69, 9.17) is 4.52 Å². The predicted molar refractivity (Wildman–Crippen MR) is 57.2 cm³/mol. The number of ketones is 1. The first-order valence-corrected chi connectivity index (χ1v) is 5.27. The molecule has 0 aliphatic heterocycles. The Balaban J connectivity index is 2.49. The summed E-state index contributed by atoms with van der Waals surface area (Å²) in [5, 5.41) is 3.82. The summed E-state index contributed by atoms with van der Waals surface area (Å²) in [7, 11) is 0. The molecule has 15 heavy (non-hydrogen) atoms. The molecule has 1 heterocycles. The van der Waals surface area contributed by atoms with Crippen LogP contribution in [0.5, 0.6) is 0 Å². The number of carbonyl (C=O) groups excluding carboxylic acids is 1. The third-order valence-corrected chi connectivity index (χ3v) is 3.09. The molecule has 0 radical (unpaired) electrons. The van der Waals surface area contributed by atoms with Gasteiger partial charge >= 0.3 is 0 Å². The van der Waals surface area contributed by atoms with Gasteiger partial charge in [-0.15, -0.1) is 0 Å². The number of Topliss-reactive ketones (excluding diaryl/α,β-unsaturated/α-hetero) is 1. The van der Waals surface area contributed by atoms with Gasteiger partial charge < -0.3 is 4.52 Å². The molecule has 3 nitrogen and oxygen atoms in total. The molecule has 1 atom stereocenters. The molecular formula is C12H15NO2. The molecule has 0 bridgehead atoms. The highest BCUT2D eigenvalue weighted by atomic mass is 16.5. The fraction of sp³-hybridized carbons (Fsp3) is 0.500. The summed E-state index contributed by atoms with van der Waals surface area (Å²) in [5.41, 5.74) is 2.69. The van der Waals surface area contributed by atoms with E-state index < -0.39 is 0 Å². The first kappa shape index (κ1) is 10.1. The topological polar surface area (TPSA) is 43.1 Å². The fourth-order valence-corrected chi connectivity index (χ4v) is 1.97. The van der Waals surface area contributed by atoms with Gasteiger partial charge in [0.25, 0.3) is 0 Å². The summed E-state index contributed by atoms with van der Waals surface area (Å²) in [6.45, 7) is 6.01. The predicted octanol–water partition coefficient (Wildman–Crippen LogP) is 2.76. The van der Waals surface area contributed by atoms with E-state index >= 15 is 0 Å². The van der Waals surface area contributed by atoms with Crippen molar-refractivity contribution in [2.24, 2.45) is 5.92 Å². The van der Waals surface area contributed by atoms with Crippen LogP contribution in [0, 0.1) is 12.8 Å². The fourth-order valence-electron chi connectivity index (χ4n) is 1.97. The smallest absolute Gasteiger partial charge is 0.170 e. The Kier molecular flexibility index (Phi) is 2.47. The average molecular weight is 205 g/mol. The van der Waals surface area contributed by atoms with Crippen LogP contribution >= 0.6 is 0 Å². The molecule has 0 amide bonds. The Hall–Kier alpha value is -1.38. The molecule has 1 aliphatic carbocycles. The summed E-state index contributed by atoms with van der Waals surface area (Å²) in [6, 6.07) is 1.83. The Morgan fingerprint density at radius 2 is 2.20 bits per heavy atom.